The number of benzene rings is 1. The molecule has 0 spiro atoms. The van der Waals surface area contributed by atoms with E-state index in [1.54, 1.807) is 12.1 Å². The zero-order valence-electron chi connectivity index (χ0n) is 7.56. The second kappa shape index (κ2) is 4.72. The molecular weight excluding hydrogens is 233 g/mol. The Morgan fingerprint density at radius 3 is 2.85 bits per heavy atom. The number of rotatable bonds is 3. The second-order valence-corrected chi connectivity index (χ2v) is 3.98. The number of hydrogen-bond donors (Lipinski definition) is 1. The van der Waals surface area contributed by atoms with Gasteiger partial charge in [0.1, 0.15) is 5.82 Å². The Morgan fingerprint density at radius 2 is 2.23 bits per heavy atom. The van der Waals surface area contributed by atoms with Crippen molar-refractivity contribution >= 4 is 15.9 Å². The maximum absolute atomic E-state index is 13.5. The van der Waals surface area contributed by atoms with E-state index in [2.05, 4.69) is 15.9 Å². The minimum Gasteiger partial charge on any atom is -0.330 e. The van der Waals surface area contributed by atoms with Crippen LogP contribution in [0, 0.1) is 5.82 Å². The highest BCUT2D eigenvalue weighted by atomic mass is 79.9. The molecule has 0 radical (unpaired) electrons. The molecule has 1 aromatic rings. The van der Waals surface area contributed by atoms with E-state index in [0.717, 1.165) is 12.0 Å². The van der Waals surface area contributed by atoms with Gasteiger partial charge in [-0.15, -0.1) is 0 Å². The third-order valence-corrected chi connectivity index (χ3v) is 2.72. The summed E-state index contributed by atoms with van der Waals surface area (Å²) in [7, 11) is 0. The molecule has 0 bridgehead atoms. The highest BCUT2D eigenvalue weighted by molar-refractivity contribution is 9.10. The molecule has 0 saturated carbocycles. The molecule has 1 unspecified atom stereocenters. The van der Waals surface area contributed by atoms with Gasteiger partial charge in [0.05, 0.1) is 4.47 Å². The number of nitrogens with two attached hydrogens (primary N) is 1. The Bertz CT molecular complexity index is 288. The molecule has 0 heterocycles. The largest absolute Gasteiger partial charge is 0.330 e. The Morgan fingerprint density at radius 1 is 1.54 bits per heavy atom. The molecule has 0 aromatic heterocycles. The van der Waals surface area contributed by atoms with E-state index in [1.165, 1.54) is 0 Å². The second-order valence-electron chi connectivity index (χ2n) is 3.12. The summed E-state index contributed by atoms with van der Waals surface area (Å²) in [4.78, 5) is 0. The maximum Gasteiger partial charge on any atom is 0.140 e. The van der Waals surface area contributed by atoms with Gasteiger partial charge in [-0.2, -0.15) is 0 Å². The third-order valence-electron chi connectivity index (χ3n) is 2.11. The van der Waals surface area contributed by atoms with Gasteiger partial charge in [0.2, 0.25) is 0 Å². The normalized spacial score (nSPS) is 12.9. The lowest BCUT2D eigenvalue weighted by Crippen LogP contribution is -2.06. The van der Waals surface area contributed by atoms with Crippen LogP contribution in [0.25, 0.3) is 0 Å². The monoisotopic (exact) mass is 245 g/mol. The summed E-state index contributed by atoms with van der Waals surface area (Å²) >= 11 is 3.16. The summed E-state index contributed by atoms with van der Waals surface area (Å²) in [6.07, 6.45) is 0.813. The average molecular weight is 246 g/mol. The highest BCUT2D eigenvalue weighted by Gasteiger charge is 2.11. The Kier molecular flexibility index (Phi) is 3.88. The van der Waals surface area contributed by atoms with Crippen molar-refractivity contribution in [3.05, 3.63) is 34.1 Å². The summed E-state index contributed by atoms with van der Waals surface area (Å²) in [6, 6.07) is 5.35. The van der Waals surface area contributed by atoms with Gasteiger partial charge < -0.3 is 5.73 Å². The van der Waals surface area contributed by atoms with E-state index in [4.69, 9.17) is 5.73 Å². The molecular formula is C10H13BrFN. The summed E-state index contributed by atoms with van der Waals surface area (Å²) < 4.78 is 14.0. The molecule has 1 aromatic carbocycles. The standard InChI is InChI=1S/C10H13BrFN/c1-7(5-6-13)8-3-2-4-9(11)10(8)12/h2-4,7H,5-6,13H2,1H3. The van der Waals surface area contributed by atoms with Crippen LogP contribution in [0.15, 0.2) is 22.7 Å². The molecule has 0 aliphatic heterocycles. The highest BCUT2D eigenvalue weighted by Crippen LogP contribution is 2.26. The maximum atomic E-state index is 13.5. The zero-order valence-corrected chi connectivity index (χ0v) is 9.14. The van der Waals surface area contributed by atoms with E-state index in [1.807, 2.05) is 13.0 Å². The smallest absolute Gasteiger partial charge is 0.140 e. The van der Waals surface area contributed by atoms with Crippen LogP contribution in [-0.4, -0.2) is 6.54 Å². The van der Waals surface area contributed by atoms with Gasteiger partial charge in [-0.05, 0) is 46.4 Å². The quantitative estimate of drug-likeness (QED) is 0.871. The van der Waals surface area contributed by atoms with Crippen LogP contribution in [0.4, 0.5) is 4.39 Å². The molecule has 0 fully saturated rings. The average Bonchev–Trinajstić information content (AvgIpc) is 2.10. The fourth-order valence-corrected chi connectivity index (χ4v) is 1.69. The first kappa shape index (κ1) is 10.7. The van der Waals surface area contributed by atoms with Crippen LogP contribution < -0.4 is 5.73 Å². The van der Waals surface area contributed by atoms with Crippen molar-refractivity contribution in [2.75, 3.05) is 6.54 Å². The fraction of sp³-hybridized carbons (Fsp3) is 0.400. The molecule has 1 rings (SSSR count). The van der Waals surface area contributed by atoms with Crippen molar-refractivity contribution in [3.63, 3.8) is 0 Å². The Balaban J connectivity index is 2.93. The van der Waals surface area contributed by atoms with Crippen molar-refractivity contribution in [1.82, 2.24) is 0 Å². The van der Waals surface area contributed by atoms with E-state index in [9.17, 15) is 4.39 Å². The predicted molar refractivity (Wildman–Crippen MR) is 56.2 cm³/mol. The van der Waals surface area contributed by atoms with Gasteiger partial charge in [0.15, 0.2) is 0 Å². The first-order valence-electron chi connectivity index (χ1n) is 4.30. The van der Waals surface area contributed by atoms with E-state index >= 15 is 0 Å². The molecule has 1 nitrogen and oxygen atoms in total. The summed E-state index contributed by atoms with van der Waals surface area (Å²) in [6.45, 7) is 2.57. The molecule has 1 atom stereocenters. The lowest BCUT2D eigenvalue weighted by Gasteiger charge is -2.11. The molecule has 0 saturated heterocycles. The van der Waals surface area contributed by atoms with Crippen molar-refractivity contribution < 1.29 is 4.39 Å². The first-order valence-corrected chi connectivity index (χ1v) is 5.10. The van der Waals surface area contributed by atoms with Gasteiger partial charge in [0.25, 0.3) is 0 Å². The first-order chi connectivity index (χ1) is 6.16. The SMILES string of the molecule is CC(CCN)c1cccc(Br)c1F. The van der Waals surface area contributed by atoms with Crippen LogP contribution in [-0.2, 0) is 0 Å². The summed E-state index contributed by atoms with van der Waals surface area (Å²) in [5.41, 5.74) is 6.16. The Hall–Kier alpha value is -0.410. The van der Waals surface area contributed by atoms with Gasteiger partial charge in [0, 0.05) is 0 Å². The minimum atomic E-state index is -0.163. The van der Waals surface area contributed by atoms with Crippen LogP contribution in [0.2, 0.25) is 0 Å². The molecule has 3 heteroatoms. The van der Waals surface area contributed by atoms with Gasteiger partial charge in [-0.3, -0.25) is 0 Å². The van der Waals surface area contributed by atoms with E-state index in [0.29, 0.717) is 11.0 Å². The van der Waals surface area contributed by atoms with Crippen molar-refractivity contribution in [2.24, 2.45) is 5.73 Å². The fourth-order valence-electron chi connectivity index (χ4n) is 1.31. The number of halogens is 2. The molecule has 2 N–H and O–H groups in total. The van der Waals surface area contributed by atoms with Crippen molar-refractivity contribution in [1.29, 1.82) is 0 Å². The predicted octanol–water partition coefficient (Wildman–Crippen LogP) is 3.04. The van der Waals surface area contributed by atoms with Crippen molar-refractivity contribution in [3.8, 4) is 0 Å². The molecule has 0 aliphatic carbocycles. The van der Waals surface area contributed by atoms with Crippen LogP contribution in [0.5, 0.6) is 0 Å². The van der Waals surface area contributed by atoms with Crippen LogP contribution in [0.3, 0.4) is 0 Å². The third kappa shape index (κ3) is 2.51. The molecule has 0 aliphatic rings. The molecule has 72 valence electrons. The Labute approximate surface area is 86.3 Å². The zero-order chi connectivity index (χ0) is 9.84. The van der Waals surface area contributed by atoms with E-state index in [-0.39, 0.29) is 11.7 Å². The molecule has 0 amide bonds. The van der Waals surface area contributed by atoms with E-state index < -0.39 is 0 Å². The van der Waals surface area contributed by atoms with Crippen molar-refractivity contribution in [2.45, 2.75) is 19.3 Å². The minimum absolute atomic E-state index is 0.163. The molecule has 13 heavy (non-hydrogen) atoms. The topological polar surface area (TPSA) is 26.0 Å². The lowest BCUT2D eigenvalue weighted by molar-refractivity contribution is 0.572. The van der Waals surface area contributed by atoms with Gasteiger partial charge in [-0.25, -0.2) is 4.39 Å². The van der Waals surface area contributed by atoms with Crippen LogP contribution >= 0.6 is 15.9 Å². The lowest BCUT2D eigenvalue weighted by atomic mass is 9.97. The van der Waals surface area contributed by atoms with Crippen LogP contribution in [0.1, 0.15) is 24.8 Å². The number of hydrogen-bond acceptors (Lipinski definition) is 1. The van der Waals surface area contributed by atoms with Gasteiger partial charge >= 0.3 is 0 Å². The summed E-state index contributed by atoms with van der Waals surface area (Å²) in [5.74, 6) is 0.0194. The summed E-state index contributed by atoms with van der Waals surface area (Å²) in [5, 5.41) is 0. The van der Waals surface area contributed by atoms with Gasteiger partial charge in [-0.1, -0.05) is 19.1 Å².